The Morgan fingerprint density at radius 3 is 2.81 bits per heavy atom. The molecule has 1 amide bonds. The molecule has 0 bridgehead atoms. The van der Waals surface area contributed by atoms with Gasteiger partial charge in [-0.1, -0.05) is 12.1 Å². The predicted molar refractivity (Wildman–Crippen MR) is 82.7 cm³/mol. The molecule has 5 heteroatoms. The molecule has 0 spiro atoms. The second-order valence-electron chi connectivity index (χ2n) is 5.28. The number of ether oxygens (including phenoxy) is 1. The molecule has 0 fully saturated rings. The SMILES string of the molecule is COc1cc(CC(=O)Nc2ccnn2C(C)C)ccc1C. The zero-order valence-corrected chi connectivity index (χ0v) is 12.9. The summed E-state index contributed by atoms with van der Waals surface area (Å²) in [6.07, 6.45) is 1.99. The lowest BCUT2D eigenvalue weighted by Crippen LogP contribution is -2.18. The Bertz CT molecular complexity index is 632. The smallest absolute Gasteiger partial charge is 0.229 e. The van der Waals surface area contributed by atoms with Crippen LogP contribution in [0.15, 0.2) is 30.5 Å². The van der Waals surface area contributed by atoms with E-state index in [1.165, 1.54) is 0 Å². The number of rotatable bonds is 5. The average Bonchev–Trinajstić information content (AvgIpc) is 2.89. The van der Waals surface area contributed by atoms with Crippen LogP contribution in [-0.2, 0) is 11.2 Å². The summed E-state index contributed by atoms with van der Waals surface area (Å²) in [5.41, 5.74) is 1.98. The molecule has 0 aliphatic carbocycles. The van der Waals surface area contributed by atoms with Crippen LogP contribution in [-0.4, -0.2) is 22.8 Å². The summed E-state index contributed by atoms with van der Waals surface area (Å²) in [5.74, 6) is 1.45. The van der Waals surface area contributed by atoms with E-state index in [1.54, 1.807) is 24.1 Å². The fraction of sp³-hybridized carbons (Fsp3) is 0.375. The lowest BCUT2D eigenvalue weighted by atomic mass is 10.1. The number of aryl methyl sites for hydroxylation is 1. The van der Waals surface area contributed by atoms with E-state index >= 15 is 0 Å². The van der Waals surface area contributed by atoms with Crippen LogP contribution in [0.4, 0.5) is 5.82 Å². The third kappa shape index (κ3) is 3.62. The van der Waals surface area contributed by atoms with Gasteiger partial charge in [0.2, 0.25) is 5.91 Å². The van der Waals surface area contributed by atoms with Crippen LogP contribution in [0.2, 0.25) is 0 Å². The Labute approximate surface area is 124 Å². The van der Waals surface area contributed by atoms with E-state index in [4.69, 9.17) is 4.74 Å². The third-order valence-corrected chi connectivity index (χ3v) is 3.26. The third-order valence-electron chi connectivity index (χ3n) is 3.26. The second kappa shape index (κ2) is 6.43. The number of methoxy groups -OCH3 is 1. The van der Waals surface area contributed by atoms with Crippen LogP contribution < -0.4 is 10.1 Å². The monoisotopic (exact) mass is 287 g/mol. The van der Waals surface area contributed by atoms with Crippen molar-refractivity contribution in [1.29, 1.82) is 0 Å². The van der Waals surface area contributed by atoms with E-state index in [0.717, 1.165) is 16.9 Å². The Balaban J connectivity index is 2.06. The van der Waals surface area contributed by atoms with Crippen molar-refractivity contribution in [3.05, 3.63) is 41.6 Å². The molecule has 5 nitrogen and oxygen atoms in total. The van der Waals surface area contributed by atoms with Crippen molar-refractivity contribution < 1.29 is 9.53 Å². The summed E-state index contributed by atoms with van der Waals surface area (Å²) < 4.78 is 7.06. The van der Waals surface area contributed by atoms with Crippen LogP contribution in [0.25, 0.3) is 0 Å². The van der Waals surface area contributed by atoms with Gasteiger partial charge in [-0.05, 0) is 38.0 Å². The number of nitrogens with zero attached hydrogens (tertiary/aromatic N) is 2. The lowest BCUT2D eigenvalue weighted by Gasteiger charge is -2.12. The highest BCUT2D eigenvalue weighted by molar-refractivity contribution is 5.91. The molecule has 0 atom stereocenters. The van der Waals surface area contributed by atoms with Crippen LogP contribution in [0.3, 0.4) is 0 Å². The first-order valence-electron chi connectivity index (χ1n) is 6.98. The number of benzene rings is 1. The summed E-state index contributed by atoms with van der Waals surface area (Å²) in [4.78, 5) is 12.1. The van der Waals surface area contributed by atoms with Crippen molar-refractivity contribution in [3.8, 4) is 5.75 Å². The number of amides is 1. The van der Waals surface area contributed by atoms with E-state index in [-0.39, 0.29) is 11.9 Å². The van der Waals surface area contributed by atoms with Crippen LogP contribution in [0.1, 0.15) is 31.0 Å². The molecule has 1 aromatic carbocycles. The van der Waals surface area contributed by atoms with Gasteiger partial charge in [0.15, 0.2) is 0 Å². The number of nitrogens with one attached hydrogen (secondary N) is 1. The van der Waals surface area contributed by atoms with Crippen LogP contribution >= 0.6 is 0 Å². The van der Waals surface area contributed by atoms with E-state index in [9.17, 15) is 4.79 Å². The Hall–Kier alpha value is -2.30. The molecule has 1 aromatic heterocycles. The summed E-state index contributed by atoms with van der Waals surface area (Å²) in [7, 11) is 1.63. The molecule has 1 N–H and O–H groups in total. The maximum atomic E-state index is 12.1. The summed E-state index contributed by atoms with van der Waals surface area (Å²) in [6, 6.07) is 7.80. The van der Waals surface area contributed by atoms with E-state index in [2.05, 4.69) is 10.4 Å². The number of hydrogen-bond acceptors (Lipinski definition) is 3. The van der Waals surface area contributed by atoms with E-state index in [1.807, 2.05) is 39.0 Å². The minimum atomic E-state index is -0.0664. The first-order valence-corrected chi connectivity index (χ1v) is 6.98. The summed E-state index contributed by atoms with van der Waals surface area (Å²) in [6.45, 7) is 6.02. The van der Waals surface area contributed by atoms with Crippen LogP contribution in [0.5, 0.6) is 5.75 Å². The van der Waals surface area contributed by atoms with Gasteiger partial charge in [0.05, 0.1) is 19.7 Å². The molecular formula is C16H21N3O2. The standard InChI is InChI=1S/C16H21N3O2/c1-11(2)19-15(7-8-17-19)18-16(20)10-13-6-5-12(3)14(9-13)21-4/h5-9,11H,10H2,1-4H3,(H,18,20). The molecule has 0 aliphatic rings. The minimum Gasteiger partial charge on any atom is -0.496 e. The van der Waals surface area contributed by atoms with Gasteiger partial charge in [-0.15, -0.1) is 0 Å². The molecule has 0 radical (unpaired) electrons. The normalized spacial score (nSPS) is 10.7. The molecule has 1 heterocycles. The van der Waals surface area contributed by atoms with Crippen LogP contribution in [0, 0.1) is 6.92 Å². The first kappa shape index (κ1) is 15.1. The number of anilines is 1. The molecule has 0 saturated heterocycles. The first-order chi connectivity index (χ1) is 10.0. The van der Waals surface area contributed by atoms with Crippen molar-refractivity contribution in [2.24, 2.45) is 0 Å². The van der Waals surface area contributed by atoms with Gasteiger partial charge in [0.25, 0.3) is 0 Å². The van der Waals surface area contributed by atoms with Gasteiger partial charge >= 0.3 is 0 Å². The number of hydrogen-bond donors (Lipinski definition) is 1. The molecule has 0 saturated carbocycles. The maximum absolute atomic E-state index is 12.1. The quantitative estimate of drug-likeness (QED) is 0.919. The number of carbonyl (C=O) groups is 1. The van der Waals surface area contributed by atoms with Crippen molar-refractivity contribution >= 4 is 11.7 Å². The van der Waals surface area contributed by atoms with Crippen molar-refractivity contribution in [2.75, 3.05) is 12.4 Å². The van der Waals surface area contributed by atoms with E-state index in [0.29, 0.717) is 12.2 Å². The highest BCUT2D eigenvalue weighted by atomic mass is 16.5. The molecule has 2 rings (SSSR count). The van der Waals surface area contributed by atoms with Gasteiger partial charge in [-0.2, -0.15) is 5.10 Å². The van der Waals surface area contributed by atoms with Gasteiger partial charge in [-0.25, -0.2) is 4.68 Å². The zero-order valence-electron chi connectivity index (χ0n) is 12.9. The predicted octanol–water partition coefficient (Wildman–Crippen LogP) is 2.96. The largest absolute Gasteiger partial charge is 0.496 e. The van der Waals surface area contributed by atoms with Crippen molar-refractivity contribution in [3.63, 3.8) is 0 Å². The molecule has 112 valence electrons. The second-order valence-corrected chi connectivity index (χ2v) is 5.28. The van der Waals surface area contributed by atoms with E-state index < -0.39 is 0 Å². The van der Waals surface area contributed by atoms with Gasteiger partial charge in [0, 0.05) is 12.1 Å². The molecular weight excluding hydrogens is 266 g/mol. The Morgan fingerprint density at radius 1 is 1.38 bits per heavy atom. The average molecular weight is 287 g/mol. The van der Waals surface area contributed by atoms with Gasteiger partial charge in [-0.3, -0.25) is 4.79 Å². The highest BCUT2D eigenvalue weighted by Crippen LogP contribution is 2.20. The Morgan fingerprint density at radius 2 is 2.14 bits per heavy atom. The summed E-state index contributed by atoms with van der Waals surface area (Å²) >= 11 is 0. The Kier molecular flexibility index (Phi) is 4.62. The molecule has 0 aliphatic heterocycles. The zero-order chi connectivity index (χ0) is 15.4. The maximum Gasteiger partial charge on any atom is 0.229 e. The lowest BCUT2D eigenvalue weighted by molar-refractivity contribution is -0.115. The minimum absolute atomic E-state index is 0.0664. The summed E-state index contributed by atoms with van der Waals surface area (Å²) in [5, 5.41) is 7.09. The molecule has 21 heavy (non-hydrogen) atoms. The van der Waals surface area contributed by atoms with Gasteiger partial charge < -0.3 is 10.1 Å². The topological polar surface area (TPSA) is 56.1 Å². The van der Waals surface area contributed by atoms with Gasteiger partial charge in [0.1, 0.15) is 11.6 Å². The highest BCUT2D eigenvalue weighted by Gasteiger charge is 2.11. The van der Waals surface area contributed by atoms with Crippen molar-refractivity contribution in [2.45, 2.75) is 33.2 Å². The molecule has 2 aromatic rings. The number of aromatic nitrogens is 2. The number of carbonyl (C=O) groups excluding carboxylic acids is 1. The fourth-order valence-electron chi connectivity index (χ4n) is 2.17. The fourth-order valence-corrected chi connectivity index (χ4v) is 2.17. The van der Waals surface area contributed by atoms with Crippen molar-refractivity contribution in [1.82, 2.24) is 9.78 Å². The molecule has 0 unspecified atom stereocenters.